The first kappa shape index (κ1) is 14.2. The van der Waals surface area contributed by atoms with E-state index in [1.54, 1.807) is 0 Å². The van der Waals surface area contributed by atoms with Gasteiger partial charge >= 0.3 is 5.97 Å². The highest BCUT2D eigenvalue weighted by molar-refractivity contribution is 9.09. The summed E-state index contributed by atoms with van der Waals surface area (Å²) >= 11 is 7.23. The zero-order valence-electron chi connectivity index (χ0n) is 8.76. The van der Waals surface area contributed by atoms with E-state index in [4.69, 9.17) is 5.11 Å². The molecule has 0 aliphatic rings. The van der Waals surface area contributed by atoms with Gasteiger partial charge in [-0.3, -0.25) is 4.79 Å². The maximum absolute atomic E-state index is 11.8. The number of carbonyl (C=O) groups is 2. The number of carboxylic acid groups (broad SMARTS) is 1. The van der Waals surface area contributed by atoms with Crippen molar-refractivity contribution in [3.05, 3.63) is 29.3 Å². The molecule has 0 spiro atoms. The predicted molar refractivity (Wildman–Crippen MR) is 69.0 cm³/mol. The maximum atomic E-state index is 11.8. The van der Waals surface area contributed by atoms with Crippen LogP contribution in [0.25, 0.3) is 0 Å². The van der Waals surface area contributed by atoms with Crippen LogP contribution in [0.5, 0.6) is 0 Å². The Hall–Kier alpha value is -0.850. The Bertz CT molecular complexity index is 447. The lowest BCUT2D eigenvalue weighted by Crippen LogP contribution is -2.15. The average molecular weight is 319 g/mol. The summed E-state index contributed by atoms with van der Waals surface area (Å²) in [6, 6.07) is 4.41. The van der Waals surface area contributed by atoms with E-state index in [-0.39, 0.29) is 23.3 Å². The second-order valence-corrected chi connectivity index (χ2v) is 4.68. The minimum absolute atomic E-state index is 0.0984. The summed E-state index contributed by atoms with van der Waals surface area (Å²) in [6.45, 7) is 0. The third-order valence-electron chi connectivity index (χ3n) is 2.19. The van der Waals surface area contributed by atoms with E-state index in [2.05, 4.69) is 28.6 Å². The van der Waals surface area contributed by atoms with E-state index in [0.717, 1.165) is 0 Å². The van der Waals surface area contributed by atoms with Crippen LogP contribution in [0.2, 0.25) is 0 Å². The number of rotatable bonds is 5. The van der Waals surface area contributed by atoms with Crippen LogP contribution in [-0.2, 0) is 4.79 Å². The molecule has 2 N–H and O–H groups in total. The topological polar surface area (TPSA) is 74.6 Å². The average Bonchev–Trinajstić information content (AvgIpc) is 2.28. The largest absolute Gasteiger partial charge is 0.479 e. The SMILES string of the molecule is O=C(CCBr)c1cc(S)ccc1C(O)C(=O)O. The van der Waals surface area contributed by atoms with Crippen molar-refractivity contribution in [2.75, 3.05) is 5.33 Å². The number of carbonyl (C=O) groups excluding carboxylic acids is 1. The molecule has 1 rings (SSSR count). The van der Waals surface area contributed by atoms with Gasteiger partial charge in [0.1, 0.15) is 0 Å². The van der Waals surface area contributed by atoms with Gasteiger partial charge < -0.3 is 10.2 Å². The van der Waals surface area contributed by atoms with Gasteiger partial charge in [0, 0.05) is 27.8 Å². The van der Waals surface area contributed by atoms with Crippen molar-refractivity contribution in [1.82, 2.24) is 0 Å². The molecule has 1 unspecified atom stereocenters. The van der Waals surface area contributed by atoms with Crippen LogP contribution in [0, 0.1) is 0 Å². The molecule has 0 aliphatic carbocycles. The summed E-state index contributed by atoms with van der Waals surface area (Å²) < 4.78 is 0. The number of ketones is 1. The fraction of sp³-hybridized carbons (Fsp3) is 0.273. The van der Waals surface area contributed by atoms with Crippen LogP contribution in [0.15, 0.2) is 23.1 Å². The van der Waals surface area contributed by atoms with Gasteiger partial charge in [-0.2, -0.15) is 0 Å². The molecule has 0 aromatic heterocycles. The van der Waals surface area contributed by atoms with Crippen LogP contribution in [-0.4, -0.2) is 27.3 Å². The number of hydrogen-bond donors (Lipinski definition) is 3. The molecule has 6 heteroatoms. The van der Waals surface area contributed by atoms with Gasteiger partial charge in [0.15, 0.2) is 11.9 Å². The Kier molecular flexibility index (Phi) is 5.17. The number of aliphatic carboxylic acids is 1. The third kappa shape index (κ3) is 3.55. The summed E-state index contributed by atoms with van der Waals surface area (Å²) in [5, 5.41) is 18.7. The number of benzene rings is 1. The van der Waals surface area contributed by atoms with Gasteiger partial charge in [0.25, 0.3) is 0 Å². The number of thiol groups is 1. The van der Waals surface area contributed by atoms with Crippen LogP contribution in [0.1, 0.15) is 28.4 Å². The van der Waals surface area contributed by atoms with Gasteiger partial charge in [-0.25, -0.2) is 4.79 Å². The summed E-state index contributed by atoms with van der Waals surface area (Å²) in [4.78, 5) is 23.1. The number of aliphatic hydroxyl groups is 1. The normalized spacial score (nSPS) is 12.2. The van der Waals surface area contributed by atoms with Crippen LogP contribution in [0.3, 0.4) is 0 Å². The second-order valence-electron chi connectivity index (χ2n) is 3.37. The molecule has 0 amide bonds. The van der Waals surface area contributed by atoms with E-state index in [1.165, 1.54) is 18.2 Å². The third-order valence-corrected chi connectivity index (χ3v) is 2.86. The van der Waals surface area contributed by atoms with Crippen molar-refractivity contribution in [2.24, 2.45) is 0 Å². The Morgan fingerprint density at radius 3 is 2.59 bits per heavy atom. The molecule has 0 bridgehead atoms. The highest BCUT2D eigenvalue weighted by Crippen LogP contribution is 2.23. The van der Waals surface area contributed by atoms with Crippen LogP contribution < -0.4 is 0 Å². The Morgan fingerprint density at radius 1 is 1.41 bits per heavy atom. The van der Waals surface area contributed by atoms with Gasteiger partial charge in [0.05, 0.1) is 0 Å². The predicted octanol–water partition coefficient (Wildman–Crippen LogP) is 2.06. The fourth-order valence-electron chi connectivity index (χ4n) is 1.38. The van der Waals surface area contributed by atoms with Crippen molar-refractivity contribution in [3.8, 4) is 0 Å². The quantitative estimate of drug-likeness (QED) is 0.441. The van der Waals surface area contributed by atoms with Gasteiger partial charge in [-0.15, -0.1) is 12.6 Å². The summed E-state index contributed by atoms with van der Waals surface area (Å²) in [5.74, 6) is -1.61. The lowest BCUT2D eigenvalue weighted by Gasteiger charge is -2.11. The number of carboxylic acids is 1. The molecule has 0 aliphatic heterocycles. The van der Waals surface area contributed by atoms with Crippen molar-refractivity contribution >= 4 is 40.3 Å². The molecular weight excluding hydrogens is 308 g/mol. The monoisotopic (exact) mass is 318 g/mol. The molecule has 4 nitrogen and oxygen atoms in total. The highest BCUT2D eigenvalue weighted by Gasteiger charge is 2.22. The molecule has 17 heavy (non-hydrogen) atoms. The summed E-state index contributed by atoms with van der Waals surface area (Å²) in [6.07, 6.45) is -1.46. The molecule has 0 heterocycles. The number of halogens is 1. The zero-order chi connectivity index (χ0) is 13.0. The van der Waals surface area contributed by atoms with E-state index >= 15 is 0 Å². The standard InChI is InChI=1S/C11H11BrO4S/c12-4-3-9(13)8-5-6(17)1-2-7(8)10(14)11(15)16/h1-2,5,10,14,17H,3-4H2,(H,15,16). The molecular formula is C11H11BrO4S. The lowest BCUT2D eigenvalue weighted by atomic mass is 9.98. The summed E-state index contributed by atoms with van der Waals surface area (Å²) in [7, 11) is 0. The molecule has 92 valence electrons. The first-order chi connectivity index (χ1) is 7.97. The van der Waals surface area contributed by atoms with Gasteiger partial charge in [-0.05, 0) is 12.1 Å². The van der Waals surface area contributed by atoms with Crippen molar-refractivity contribution < 1.29 is 19.8 Å². The molecule has 1 aromatic carbocycles. The number of aliphatic hydroxyl groups excluding tert-OH is 1. The zero-order valence-corrected chi connectivity index (χ0v) is 11.2. The number of hydrogen-bond acceptors (Lipinski definition) is 4. The molecule has 0 saturated carbocycles. The van der Waals surface area contributed by atoms with E-state index < -0.39 is 12.1 Å². The molecule has 1 aromatic rings. The van der Waals surface area contributed by atoms with Crippen molar-refractivity contribution in [3.63, 3.8) is 0 Å². The van der Waals surface area contributed by atoms with Gasteiger partial charge in [-0.1, -0.05) is 22.0 Å². The highest BCUT2D eigenvalue weighted by atomic mass is 79.9. The Labute approximate surface area is 112 Å². The Morgan fingerprint density at radius 2 is 2.06 bits per heavy atom. The molecule has 0 saturated heterocycles. The fourth-order valence-corrected chi connectivity index (χ4v) is 1.94. The van der Waals surface area contributed by atoms with Crippen LogP contribution >= 0.6 is 28.6 Å². The minimum atomic E-state index is -1.70. The van der Waals surface area contributed by atoms with Gasteiger partial charge in [0.2, 0.25) is 0 Å². The van der Waals surface area contributed by atoms with E-state index in [9.17, 15) is 14.7 Å². The minimum Gasteiger partial charge on any atom is -0.479 e. The first-order valence-corrected chi connectivity index (χ1v) is 6.37. The molecule has 0 fully saturated rings. The first-order valence-electron chi connectivity index (χ1n) is 4.80. The molecule has 1 atom stereocenters. The van der Waals surface area contributed by atoms with E-state index in [0.29, 0.717) is 10.2 Å². The second kappa shape index (κ2) is 6.18. The van der Waals surface area contributed by atoms with Crippen LogP contribution in [0.4, 0.5) is 0 Å². The van der Waals surface area contributed by atoms with E-state index in [1.807, 2.05) is 0 Å². The Balaban J connectivity index is 3.21. The lowest BCUT2D eigenvalue weighted by molar-refractivity contribution is -0.146. The summed E-state index contributed by atoms with van der Waals surface area (Å²) in [5.41, 5.74) is 0.299. The molecule has 0 radical (unpaired) electrons. The maximum Gasteiger partial charge on any atom is 0.337 e. The smallest absolute Gasteiger partial charge is 0.337 e. The number of Topliss-reactive ketones (excluding diaryl/α,β-unsaturated/α-hetero) is 1. The van der Waals surface area contributed by atoms with Crippen molar-refractivity contribution in [2.45, 2.75) is 17.4 Å². The number of alkyl halides is 1. The van der Waals surface area contributed by atoms with Crippen molar-refractivity contribution in [1.29, 1.82) is 0 Å².